The van der Waals surface area contributed by atoms with Crippen LogP contribution in [-0.4, -0.2) is 37.0 Å². The van der Waals surface area contributed by atoms with Crippen LogP contribution in [0.5, 0.6) is 0 Å². The van der Waals surface area contributed by atoms with Crippen LogP contribution < -0.4 is 5.32 Å². The molecular formula is C15H30N2O. The lowest BCUT2D eigenvalue weighted by Crippen LogP contribution is -2.38. The Morgan fingerprint density at radius 3 is 2.33 bits per heavy atom. The van der Waals surface area contributed by atoms with Gasteiger partial charge >= 0.3 is 0 Å². The van der Waals surface area contributed by atoms with Gasteiger partial charge in [0.05, 0.1) is 6.54 Å². The van der Waals surface area contributed by atoms with Crippen molar-refractivity contribution < 1.29 is 4.79 Å². The maximum atomic E-state index is 11.8. The van der Waals surface area contributed by atoms with Gasteiger partial charge in [-0.2, -0.15) is 0 Å². The predicted molar refractivity (Wildman–Crippen MR) is 76.5 cm³/mol. The topological polar surface area (TPSA) is 32.3 Å². The molecule has 1 N–H and O–H groups in total. The van der Waals surface area contributed by atoms with Gasteiger partial charge in [-0.05, 0) is 38.6 Å². The number of hydrogen-bond acceptors (Lipinski definition) is 2. The zero-order valence-electron chi connectivity index (χ0n) is 12.4. The molecule has 0 aromatic carbocycles. The molecule has 0 atom stereocenters. The van der Waals surface area contributed by atoms with Crippen molar-refractivity contribution in [3.05, 3.63) is 0 Å². The lowest BCUT2D eigenvalue weighted by Gasteiger charge is -2.26. The van der Waals surface area contributed by atoms with Crippen LogP contribution in [0.25, 0.3) is 0 Å². The Hall–Kier alpha value is -0.570. The molecule has 3 heteroatoms. The van der Waals surface area contributed by atoms with E-state index >= 15 is 0 Å². The highest BCUT2D eigenvalue weighted by Gasteiger charge is 2.17. The summed E-state index contributed by atoms with van der Waals surface area (Å²) in [6.45, 7) is 9.55. The van der Waals surface area contributed by atoms with Crippen molar-refractivity contribution in [3.8, 4) is 0 Å². The van der Waals surface area contributed by atoms with Crippen molar-refractivity contribution in [2.24, 2.45) is 11.8 Å². The average molecular weight is 254 g/mol. The maximum Gasteiger partial charge on any atom is 0.236 e. The highest BCUT2D eigenvalue weighted by Crippen LogP contribution is 2.29. The van der Waals surface area contributed by atoms with Gasteiger partial charge in [0.25, 0.3) is 0 Å². The van der Waals surface area contributed by atoms with E-state index in [0.717, 1.165) is 31.5 Å². The largest absolute Gasteiger partial charge is 0.342 e. The molecule has 0 bridgehead atoms. The van der Waals surface area contributed by atoms with Gasteiger partial charge < -0.3 is 10.2 Å². The van der Waals surface area contributed by atoms with Crippen molar-refractivity contribution in [2.75, 3.05) is 26.2 Å². The second kappa shape index (κ2) is 8.52. The lowest BCUT2D eigenvalue weighted by molar-refractivity contribution is -0.129. The molecular weight excluding hydrogens is 224 g/mol. The van der Waals surface area contributed by atoms with Crippen LogP contribution in [-0.2, 0) is 4.79 Å². The third kappa shape index (κ3) is 5.38. The molecule has 0 radical (unpaired) electrons. The van der Waals surface area contributed by atoms with Crippen molar-refractivity contribution in [2.45, 2.75) is 52.9 Å². The molecule has 1 fully saturated rings. The zero-order chi connectivity index (χ0) is 13.4. The average Bonchev–Trinajstić information content (AvgIpc) is 2.38. The summed E-state index contributed by atoms with van der Waals surface area (Å²) >= 11 is 0. The van der Waals surface area contributed by atoms with Gasteiger partial charge in [-0.1, -0.05) is 32.6 Å². The number of rotatable bonds is 7. The summed E-state index contributed by atoms with van der Waals surface area (Å²) < 4.78 is 0. The molecule has 0 unspecified atom stereocenters. The van der Waals surface area contributed by atoms with Crippen molar-refractivity contribution >= 4 is 5.91 Å². The van der Waals surface area contributed by atoms with E-state index in [0.29, 0.717) is 6.54 Å². The molecule has 0 aliphatic heterocycles. The van der Waals surface area contributed by atoms with Gasteiger partial charge in [0, 0.05) is 13.1 Å². The van der Waals surface area contributed by atoms with Crippen molar-refractivity contribution in [1.82, 2.24) is 10.2 Å². The fraction of sp³-hybridized carbons (Fsp3) is 0.933. The fourth-order valence-electron chi connectivity index (χ4n) is 2.81. The first-order valence-electron chi connectivity index (χ1n) is 7.65. The molecule has 1 aliphatic rings. The van der Waals surface area contributed by atoms with E-state index in [9.17, 15) is 4.79 Å². The SMILES string of the molecule is CCN(CC)C(=O)CNCCC1CCC(C)CC1. The molecule has 0 heterocycles. The minimum Gasteiger partial charge on any atom is -0.342 e. The Bertz CT molecular complexity index is 231. The van der Waals surface area contributed by atoms with E-state index in [1.165, 1.54) is 32.1 Å². The first-order chi connectivity index (χ1) is 8.67. The number of nitrogens with zero attached hydrogens (tertiary/aromatic N) is 1. The van der Waals surface area contributed by atoms with E-state index in [4.69, 9.17) is 0 Å². The molecule has 1 aliphatic carbocycles. The Morgan fingerprint density at radius 1 is 1.17 bits per heavy atom. The molecule has 0 spiro atoms. The molecule has 1 saturated carbocycles. The summed E-state index contributed by atoms with van der Waals surface area (Å²) in [6, 6.07) is 0. The second-order valence-corrected chi connectivity index (χ2v) is 5.66. The second-order valence-electron chi connectivity index (χ2n) is 5.66. The third-order valence-corrected chi connectivity index (χ3v) is 4.26. The highest BCUT2D eigenvalue weighted by atomic mass is 16.2. The van der Waals surface area contributed by atoms with Crippen LogP contribution >= 0.6 is 0 Å². The van der Waals surface area contributed by atoms with E-state index in [-0.39, 0.29) is 5.91 Å². The summed E-state index contributed by atoms with van der Waals surface area (Å²) in [5.74, 6) is 2.05. The van der Waals surface area contributed by atoms with Gasteiger partial charge in [-0.25, -0.2) is 0 Å². The predicted octanol–water partition coefficient (Wildman–Crippen LogP) is 2.66. The van der Waals surface area contributed by atoms with Crippen LogP contribution in [0.3, 0.4) is 0 Å². The van der Waals surface area contributed by atoms with Gasteiger partial charge in [0.1, 0.15) is 0 Å². The first-order valence-corrected chi connectivity index (χ1v) is 7.65. The smallest absolute Gasteiger partial charge is 0.236 e. The number of hydrogen-bond donors (Lipinski definition) is 1. The number of amides is 1. The van der Waals surface area contributed by atoms with Crippen LogP contribution in [0.4, 0.5) is 0 Å². The highest BCUT2D eigenvalue weighted by molar-refractivity contribution is 5.78. The van der Waals surface area contributed by atoms with Crippen LogP contribution in [0, 0.1) is 11.8 Å². The van der Waals surface area contributed by atoms with E-state index in [1.54, 1.807) is 0 Å². The zero-order valence-corrected chi connectivity index (χ0v) is 12.4. The van der Waals surface area contributed by atoms with Gasteiger partial charge in [0.2, 0.25) is 5.91 Å². The molecule has 0 saturated heterocycles. The summed E-state index contributed by atoms with van der Waals surface area (Å²) in [7, 11) is 0. The summed E-state index contributed by atoms with van der Waals surface area (Å²) in [6.07, 6.45) is 6.78. The lowest BCUT2D eigenvalue weighted by atomic mass is 9.81. The molecule has 106 valence electrons. The number of carbonyl (C=O) groups excluding carboxylic acids is 1. The summed E-state index contributed by atoms with van der Waals surface area (Å²) in [5, 5.41) is 3.30. The number of carbonyl (C=O) groups is 1. The van der Waals surface area contributed by atoms with E-state index < -0.39 is 0 Å². The molecule has 1 rings (SSSR count). The normalized spacial score (nSPS) is 23.9. The molecule has 0 aromatic rings. The fourth-order valence-corrected chi connectivity index (χ4v) is 2.81. The maximum absolute atomic E-state index is 11.8. The Morgan fingerprint density at radius 2 is 1.78 bits per heavy atom. The Balaban J connectivity index is 2.06. The third-order valence-electron chi connectivity index (χ3n) is 4.26. The monoisotopic (exact) mass is 254 g/mol. The minimum absolute atomic E-state index is 0.234. The standard InChI is InChI=1S/C15H30N2O/c1-4-17(5-2)15(18)12-16-11-10-14-8-6-13(3)7-9-14/h13-14,16H,4-12H2,1-3H3. The number of likely N-dealkylation sites (N-methyl/N-ethyl adjacent to an activating group) is 1. The Labute approximate surface area is 112 Å². The quantitative estimate of drug-likeness (QED) is 0.708. The minimum atomic E-state index is 0.234. The van der Waals surface area contributed by atoms with Gasteiger partial charge in [0.15, 0.2) is 0 Å². The summed E-state index contributed by atoms with van der Waals surface area (Å²) in [4.78, 5) is 13.6. The first kappa shape index (κ1) is 15.5. The van der Waals surface area contributed by atoms with E-state index in [1.807, 2.05) is 18.7 Å². The van der Waals surface area contributed by atoms with Crippen molar-refractivity contribution in [3.63, 3.8) is 0 Å². The Kier molecular flexibility index (Phi) is 7.33. The van der Waals surface area contributed by atoms with Crippen LogP contribution in [0.1, 0.15) is 52.9 Å². The van der Waals surface area contributed by atoms with Gasteiger partial charge in [-0.15, -0.1) is 0 Å². The van der Waals surface area contributed by atoms with E-state index in [2.05, 4.69) is 12.2 Å². The molecule has 1 amide bonds. The molecule has 18 heavy (non-hydrogen) atoms. The van der Waals surface area contributed by atoms with Crippen molar-refractivity contribution in [1.29, 1.82) is 0 Å². The van der Waals surface area contributed by atoms with Gasteiger partial charge in [-0.3, -0.25) is 4.79 Å². The van der Waals surface area contributed by atoms with Crippen LogP contribution in [0.15, 0.2) is 0 Å². The molecule has 3 nitrogen and oxygen atoms in total. The summed E-state index contributed by atoms with van der Waals surface area (Å²) in [5.41, 5.74) is 0. The molecule has 0 aromatic heterocycles. The number of nitrogens with one attached hydrogen (secondary N) is 1. The van der Waals surface area contributed by atoms with Crippen LogP contribution in [0.2, 0.25) is 0 Å².